The van der Waals surface area contributed by atoms with Crippen molar-refractivity contribution in [3.63, 3.8) is 0 Å². The van der Waals surface area contributed by atoms with Crippen molar-refractivity contribution in [2.75, 3.05) is 0 Å². The van der Waals surface area contributed by atoms with Gasteiger partial charge in [0.05, 0.1) is 11.0 Å². The van der Waals surface area contributed by atoms with Gasteiger partial charge in [0.1, 0.15) is 0 Å². The summed E-state index contributed by atoms with van der Waals surface area (Å²) >= 11 is 0. The Morgan fingerprint density at radius 2 is 0.860 bits per heavy atom. The van der Waals surface area contributed by atoms with Crippen LogP contribution < -0.4 is 0 Å². The SMILES string of the molecule is c1ccc(-c2cc3c4ccccc4n(-c4ccc(-c5cc6ccccc6c6ccccc56)cc4)c3c3ccccc23)cc1. The summed E-state index contributed by atoms with van der Waals surface area (Å²) in [5.41, 5.74) is 8.63. The van der Waals surface area contributed by atoms with E-state index in [-0.39, 0.29) is 0 Å². The van der Waals surface area contributed by atoms with Crippen molar-refractivity contribution in [1.29, 1.82) is 0 Å². The Balaban J connectivity index is 1.30. The number of nitrogens with zero attached hydrogens (tertiary/aromatic N) is 1. The third kappa shape index (κ3) is 3.65. The van der Waals surface area contributed by atoms with Gasteiger partial charge in [-0.15, -0.1) is 0 Å². The molecule has 0 spiro atoms. The van der Waals surface area contributed by atoms with Gasteiger partial charge < -0.3 is 4.57 Å². The lowest BCUT2D eigenvalue weighted by molar-refractivity contribution is 1.19. The van der Waals surface area contributed by atoms with Gasteiger partial charge in [0, 0.05) is 21.8 Å². The summed E-state index contributed by atoms with van der Waals surface area (Å²) in [5.74, 6) is 0. The molecule has 43 heavy (non-hydrogen) atoms. The zero-order valence-electron chi connectivity index (χ0n) is 23.5. The first-order chi connectivity index (χ1) is 21.3. The molecule has 8 aromatic carbocycles. The molecule has 9 aromatic rings. The quantitative estimate of drug-likeness (QED) is 0.195. The molecule has 0 aliphatic carbocycles. The zero-order chi connectivity index (χ0) is 28.3. The van der Waals surface area contributed by atoms with Crippen LogP contribution in [0.5, 0.6) is 0 Å². The second-order valence-electron chi connectivity index (χ2n) is 11.3. The maximum Gasteiger partial charge on any atom is 0.0619 e. The Morgan fingerprint density at radius 3 is 1.63 bits per heavy atom. The highest BCUT2D eigenvalue weighted by atomic mass is 15.0. The summed E-state index contributed by atoms with van der Waals surface area (Å²) < 4.78 is 2.45. The lowest BCUT2D eigenvalue weighted by atomic mass is 9.93. The van der Waals surface area contributed by atoms with E-state index in [1.807, 2.05) is 0 Å². The fourth-order valence-electron chi connectivity index (χ4n) is 7.03. The third-order valence-electron chi connectivity index (χ3n) is 8.96. The van der Waals surface area contributed by atoms with Gasteiger partial charge >= 0.3 is 0 Å². The summed E-state index contributed by atoms with van der Waals surface area (Å²) in [7, 11) is 0. The Labute approximate surface area is 249 Å². The first-order valence-corrected chi connectivity index (χ1v) is 14.9. The normalized spacial score (nSPS) is 11.7. The minimum Gasteiger partial charge on any atom is -0.309 e. The van der Waals surface area contributed by atoms with Crippen LogP contribution in [0, 0.1) is 0 Å². The molecule has 0 N–H and O–H groups in total. The fraction of sp³-hybridized carbons (Fsp3) is 0. The van der Waals surface area contributed by atoms with E-state index in [9.17, 15) is 0 Å². The summed E-state index contributed by atoms with van der Waals surface area (Å²) in [6.07, 6.45) is 0. The second-order valence-corrected chi connectivity index (χ2v) is 11.3. The molecule has 1 aromatic heterocycles. The molecule has 0 saturated heterocycles. The van der Waals surface area contributed by atoms with Gasteiger partial charge in [-0.25, -0.2) is 0 Å². The van der Waals surface area contributed by atoms with Crippen LogP contribution in [0.3, 0.4) is 0 Å². The van der Waals surface area contributed by atoms with Crippen LogP contribution in [-0.4, -0.2) is 4.57 Å². The monoisotopic (exact) mass is 545 g/mol. The van der Waals surface area contributed by atoms with E-state index in [1.54, 1.807) is 0 Å². The highest BCUT2D eigenvalue weighted by Crippen LogP contribution is 2.42. The van der Waals surface area contributed by atoms with Gasteiger partial charge in [0.15, 0.2) is 0 Å². The smallest absolute Gasteiger partial charge is 0.0619 e. The van der Waals surface area contributed by atoms with Crippen molar-refractivity contribution in [2.24, 2.45) is 0 Å². The molecule has 200 valence electrons. The van der Waals surface area contributed by atoms with Crippen LogP contribution in [0.2, 0.25) is 0 Å². The molecule has 0 unspecified atom stereocenters. The molecule has 1 heterocycles. The molecule has 0 bridgehead atoms. The lowest BCUT2D eigenvalue weighted by Crippen LogP contribution is -1.95. The first kappa shape index (κ1) is 24.0. The van der Waals surface area contributed by atoms with Gasteiger partial charge in [-0.1, -0.05) is 133 Å². The van der Waals surface area contributed by atoms with E-state index in [4.69, 9.17) is 0 Å². The van der Waals surface area contributed by atoms with Crippen LogP contribution in [0.1, 0.15) is 0 Å². The molecule has 0 fully saturated rings. The minimum atomic E-state index is 1.16. The van der Waals surface area contributed by atoms with Crippen molar-refractivity contribution in [3.05, 3.63) is 164 Å². The third-order valence-corrected chi connectivity index (χ3v) is 8.96. The van der Waals surface area contributed by atoms with Crippen LogP contribution in [-0.2, 0) is 0 Å². The van der Waals surface area contributed by atoms with Crippen LogP contribution in [0.15, 0.2) is 164 Å². The number of rotatable bonds is 3. The van der Waals surface area contributed by atoms with Crippen molar-refractivity contribution in [3.8, 4) is 27.9 Å². The molecule has 0 radical (unpaired) electrons. The van der Waals surface area contributed by atoms with E-state index in [0.29, 0.717) is 0 Å². The maximum atomic E-state index is 2.45. The fourth-order valence-corrected chi connectivity index (χ4v) is 7.03. The molecular weight excluding hydrogens is 518 g/mol. The molecule has 1 heteroatoms. The minimum absolute atomic E-state index is 1.16. The molecule has 0 amide bonds. The highest BCUT2D eigenvalue weighted by molar-refractivity contribution is 6.22. The van der Waals surface area contributed by atoms with Crippen molar-refractivity contribution >= 4 is 54.1 Å². The van der Waals surface area contributed by atoms with Crippen LogP contribution in [0.4, 0.5) is 0 Å². The molecule has 0 atom stereocenters. The molecular formula is C42H27N. The predicted octanol–water partition coefficient (Wildman–Crippen LogP) is 11.6. The van der Waals surface area contributed by atoms with E-state index in [2.05, 4.69) is 168 Å². The largest absolute Gasteiger partial charge is 0.309 e. The summed E-state index contributed by atoms with van der Waals surface area (Å²) in [6, 6.07) is 59.7. The summed E-state index contributed by atoms with van der Waals surface area (Å²) in [6.45, 7) is 0. The Bertz CT molecular complexity index is 2480. The van der Waals surface area contributed by atoms with Gasteiger partial charge in [-0.3, -0.25) is 0 Å². The number of hydrogen-bond acceptors (Lipinski definition) is 0. The molecule has 0 aliphatic heterocycles. The van der Waals surface area contributed by atoms with Gasteiger partial charge in [0.25, 0.3) is 0 Å². The number of aromatic nitrogens is 1. The van der Waals surface area contributed by atoms with Gasteiger partial charge in [-0.05, 0) is 79.5 Å². The van der Waals surface area contributed by atoms with E-state index < -0.39 is 0 Å². The van der Waals surface area contributed by atoms with Crippen LogP contribution >= 0.6 is 0 Å². The topological polar surface area (TPSA) is 4.93 Å². The maximum absolute atomic E-state index is 2.45. The number of para-hydroxylation sites is 1. The molecule has 0 aliphatic rings. The first-order valence-electron chi connectivity index (χ1n) is 14.9. The number of hydrogen-bond donors (Lipinski definition) is 0. The van der Waals surface area contributed by atoms with E-state index in [0.717, 1.165) is 5.69 Å². The predicted molar refractivity (Wildman–Crippen MR) is 184 cm³/mol. The Morgan fingerprint density at radius 1 is 0.326 bits per heavy atom. The van der Waals surface area contributed by atoms with Crippen molar-refractivity contribution in [1.82, 2.24) is 4.57 Å². The standard InChI is InChI=1S/C42H27N/c1-2-12-28(13-3-1)39-27-40-36-19-10-11-21-41(36)43(42(40)37-20-9-8-18-35(37)39)31-24-22-29(23-25-31)38-26-30-14-4-5-15-32(30)33-16-6-7-17-34(33)38/h1-27H. The number of fused-ring (bicyclic) bond motifs is 8. The van der Waals surface area contributed by atoms with E-state index in [1.165, 1.54) is 76.4 Å². The Kier molecular flexibility index (Phi) is 5.27. The lowest BCUT2D eigenvalue weighted by Gasteiger charge is -2.14. The average molecular weight is 546 g/mol. The summed E-state index contributed by atoms with van der Waals surface area (Å²) in [5, 5.41) is 10.2. The van der Waals surface area contributed by atoms with E-state index >= 15 is 0 Å². The van der Waals surface area contributed by atoms with Gasteiger partial charge in [-0.2, -0.15) is 0 Å². The highest BCUT2D eigenvalue weighted by Gasteiger charge is 2.18. The Hall–Kier alpha value is -5.66. The van der Waals surface area contributed by atoms with Crippen molar-refractivity contribution in [2.45, 2.75) is 0 Å². The second kappa shape index (κ2) is 9.44. The molecule has 9 rings (SSSR count). The van der Waals surface area contributed by atoms with Crippen LogP contribution in [0.25, 0.3) is 82.1 Å². The molecule has 1 nitrogen and oxygen atoms in total. The zero-order valence-corrected chi connectivity index (χ0v) is 23.5. The molecule has 0 saturated carbocycles. The number of benzene rings is 8. The van der Waals surface area contributed by atoms with Gasteiger partial charge in [0.2, 0.25) is 0 Å². The average Bonchev–Trinajstić information content (AvgIpc) is 3.42. The summed E-state index contributed by atoms with van der Waals surface area (Å²) in [4.78, 5) is 0. The van der Waals surface area contributed by atoms with Crippen molar-refractivity contribution < 1.29 is 0 Å².